The van der Waals surface area contributed by atoms with Crippen LogP contribution >= 0.6 is 11.3 Å². The van der Waals surface area contributed by atoms with Crippen molar-refractivity contribution in [2.45, 2.75) is 33.2 Å². The molecule has 32 heavy (non-hydrogen) atoms. The van der Waals surface area contributed by atoms with Crippen LogP contribution in [0.25, 0.3) is 10.2 Å². The Morgan fingerprint density at radius 3 is 2.59 bits per heavy atom. The van der Waals surface area contributed by atoms with Gasteiger partial charge in [0.2, 0.25) is 5.91 Å². The number of aromatic amines is 1. The Kier molecular flexibility index (Phi) is 6.37. The predicted octanol–water partition coefficient (Wildman–Crippen LogP) is 4.81. The van der Waals surface area contributed by atoms with Crippen molar-refractivity contribution in [3.8, 4) is 0 Å². The molecule has 0 unspecified atom stereocenters. The minimum Gasteiger partial charge on any atom is -0.369 e. The molecule has 4 aromatic rings. The van der Waals surface area contributed by atoms with E-state index in [-0.39, 0.29) is 17.9 Å². The van der Waals surface area contributed by atoms with E-state index in [4.69, 9.17) is 0 Å². The van der Waals surface area contributed by atoms with E-state index in [0.717, 1.165) is 33.2 Å². The fraction of sp³-hybridized carbons (Fsp3) is 0.240. The summed E-state index contributed by atoms with van der Waals surface area (Å²) >= 11 is 1.51. The zero-order valence-electron chi connectivity index (χ0n) is 18.4. The quantitative estimate of drug-likeness (QED) is 0.427. The van der Waals surface area contributed by atoms with Crippen molar-refractivity contribution in [1.82, 2.24) is 9.97 Å². The molecule has 0 aliphatic heterocycles. The highest BCUT2D eigenvalue weighted by molar-refractivity contribution is 7.18. The first-order valence-electron chi connectivity index (χ1n) is 10.5. The van der Waals surface area contributed by atoms with E-state index in [2.05, 4.69) is 32.3 Å². The molecule has 6 nitrogen and oxygen atoms in total. The molecule has 0 fully saturated rings. The lowest BCUT2D eigenvalue weighted by Crippen LogP contribution is -2.20. The van der Waals surface area contributed by atoms with Crippen LogP contribution in [-0.4, -0.2) is 22.9 Å². The first-order valence-corrected chi connectivity index (χ1v) is 11.4. The van der Waals surface area contributed by atoms with Gasteiger partial charge in [-0.25, -0.2) is 4.98 Å². The molecule has 0 saturated carbocycles. The number of H-pyrrole nitrogens is 1. The van der Waals surface area contributed by atoms with Crippen molar-refractivity contribution >= 4 is 38.8 Å². The lowest BCUT2D eigenvalue weighted by atomic mass is 10.2. The second-order valence-electron chi connectivity index (χ2n) is 7.88. The highest BCUT2D eigenvalue weighted by Crippen LogP contribution is 2.27. The molecule has 0 radical (unpaired) electrons. The summed E-state index contributed by atoms with van der Waals surface area (Å²) in [6.45, 7) is 4.66. The van der Waals surface area contributed by atoms with Crippen LogP contribution in [0.15, 0.2) is 59.4 Å². The molecule has 0 bridgehead atoms. The van der Waals surface area contributed by atoms with E-state index in [1.807, 2.05) is 63.4 Å². The summed E-state index contributed by atoms with van der Waals surface area (Å²) in [5.41, 5.74) is 3.74. The molecule has 4 rings (SSSR count). The highest BCUT2D eigenvalue weighted by atomic mass is 32.1. The van der Waals surface area contributed by atoms with Crippen molar-refractivity contribution in [3.63, 3.8) is 0 Å². The van der Waals surface area contributed by atoms with Gasteiger partial charge in [-0.1, -0.05) is 42.5 Å². The maximum absolute atomic E-state index is 12.7. The molecule has 2 aromatic carbocycles. The van der Waals surface area contributed by atoms with Gasteiger partial charge in [0.05, 0.1) is 16.8 Å². The van der Waals surface area contributed by atoms with Gasteiger partial charge in [-0.05, 0) is 37.1 Å². The van der Waals surface area contributed by atoms with Crippen molar-refractivity contribution in [2.75, 3.05) is 17.3 Å². The minimum atomic E-state index is -0.139. The van der Waals surface area contributed by atoms with Gasteiger partial charge >= 0.3 is 0 Å². The summed E-state index contributed by atoms with van der Waals surface area (Å²) in [4.78, 5) is 36.4. The number of thiophene rings is 1. The van der Waals surface area contributed by atoms with Gasteiger partial charge in [-0.2, -0.15) is 0 Å². The maximum atomic E-state index is 12.7. The molecule has 2 aromatic heterocycles. The van der Waals surface area contributed by atoms with Crippen LogP contribution in [0.3, 0.4) is 0 Å². The Balaban J connectivity index is 1.44. The Bertz CT molecular complexity index is 1310. The fourth-order valence-electron chi connectivity index (χ4n) is 3.72. The molecule has 0 saturated heterocycles. The molecule has 7 heteroatoms. The van der Waals surface area contributed by atoms with Crippen molar-refractivity contribution in [2.24, 2.45) is 0 Å². The number of carbonyl (C=O) groups excluding carboxylic acids is 1. The Morgan fingerprint density at radius 2 is 1.81 bits per heavy atom. The zero-order chi connectivity index (χ0) is 22.7. The Labute approximate surface area is 190 Å². The summed E-state index contributed by atoms with van der Waals surface area (Å²) < 4.78 is 0. The van der Waals surface area contributed by atoms with Gasteiger partial charge in [0.1, 0.15) is 10.7 Å². The second kappa shape index (κ2) is 9.36. The summed E-state index contributed by atoms with van der Waals surface area (Å²) in [6, 6.07) is 18.0. The van der Waals surface area contributed by atoms with Gasteiger partial charge in [-0.15, -0.1) is 11.3 Å². The Morgan fingerprint density at radius 1 is 1.09 bits per heavy atom. The summed E-state index contributed by atoms with van der Waals surface area (Å²) in [5, 5.41) is 3.66. The fourth-order valence-corrected chi connectivity index (χ4v) is 4.77. The van der Waals surface area contributed by atoms with Crippen LogP contribution in [0.1, 0.15) is 28.2 Å². The van der Waals surface area contributed by atoms with Crippen LogP contribution in [0.5, 0.6) is 0 Å². The Hall–Kier alpha value is -3.45. The van der Waals surface area contributed by atoms with Crippen LogP contribution in [0, 0.1) is 13.8 Å². The van der Waals surface area contributed by atoms with Gasteiger partial charge in [0.15, 0.2) is 0 Å². The molecule has 0 aliphatic rings. The first-order chi connectivity index (χ1) is 15.4. The molecule has 0 aliphatic carbocycles. The normalized spacial score (nSPS) is 11.0. The molecule has 2 heterocycles. The standard InChI is InChI=1S/C25H26N4O2S/c1-16-17(2)32-25-23(16)24(31)27-21(28-25)13-14-22(30)26-19-11-7-8-12-20(19)29(3)15-18-9-5-4-6-10-18/h4-12H,13-15H2,1-3H3,(H,26,30)(H,27,28,31). The third-order valence-electron chi connectivity index (χ3n) is 5.53. The number of amides is 1. The summed E-state index contributed by atoms with van der Waals surface area (Å²) in [7, 11) is 2.01. The second-order valence-corrected chi connectivity index (χ2v) is 9.09. The number of rotatable bonds is 7. The molecular formula is C25H26N4O2S. The van der Waals surface area contributed by atoms with Gasteiger partial charge in [0.25, 0.3) is 5.56 Å². The van der Waals surface area contributed by atoms with E-state index < -0.39 is 0 Å². The van der Waals surface area contributed by atoms with E-state index in [0.29, 0.717) is 17.6 Å². The van der Waals surface area contributed by atoms with Crippen molar-refractivity contribution < 1.29 is 4.79 Å². The van der Waals surface area contributed by atoms with Crippen LogP contribution < -0.4 is 15.8 Å². The van der Waals surface area contributed by atoms with Crippen LogP contribution in [0.2, 0.25) is 0 Å². The number of hydrogen-bond acceptors (Lipinski definition) is 5. The SMILES string of the molecule is Cc1sc2nc(CCC(=O)Nc3ccccc3N(C)Cc3ccccc3)[nH]c(=O)c2c1C. The number of para-hydroxylation sites is 2. The first kappa shape index (κ1) is 21.8. The van der Waals surface area contributed by atoms with E-state index in [1.165, 1.54) is 16.9 Å². The van der Waals surface area contributed by atoms with Crippen LogP contribution in [-0.2, 0) is 17.8 Å². The molecule has 0 spiro atoms. The third-order valence-corrected chi connectivity index (χ3v) is 6.63. The van der Waals surface area contributed by atoms with E-state index >= 15 is 0 Å². The van der Waals surface area contributed by atoms with Crippen molar-refractivity contribution in [1.29, 1.82) is 0 Å². The average Bonchev–Trinajstić information content (AvgIpc) is 3.07. The maximum Gasteiger partial charge on any atom is 0.259 e. The molecular weight excluding hydrogens is 420 g/mol. The van der Waals surface area contributed by atoms with Gasteiger partial charge < -0.3 is 15.2 Å². The number of benzene rings is 2. The predicted molar refractivity (Wildman–Crippen MR) is 132 cm³/mol. The lowest BCUT2D eigenvalue weighted by molar-refractivity contribution is -0.116. The lowest BCUT2D eigenvalue weighted by Gasteiger charge is -2.22. The number of nitrogens with zero attached hydrogens (tertiary/aromatic N) is 2. The summed E-state index contributed by atoms with van der Waals surface area (Å²) in [5.74, 6) is 0.417. The highest BCUT2D eigenvalue weighted by Gasteiger charge is 2.14. The number of hydrogen-bond donors (Lipinski definition) is 2. The van der Waals surface area contributed by atoms with E-state index in [9.17, 15) is 9.59 Å². The smallest absolute Gasteiger partial charge is 0.259 e. The van der Waals surface area contributed by atoms with Crippen molar-refractivity contribution in [3.05, 3.63) is 86.8 Å². The molecule has 2 N–H and O–H groups in total. The van der Waals surface area contributed by atoms with Gasteiger partial charge in [-0.3, -0.25) is 9.59 Å². The largest absolute Gasteiger partial charge is 0.369 e. The molecule has 1 amide bonds. The number of carbonyl (C=O) groups is 1. The number of anilines is 2. The number of aromatic nitrogens is 2. The van der Waals surface area contributed by atoms with Gasteiger partial charge in [0, 0.05) is 31.3 Å². The summed E-state index contributed by atoms with van der Waals surface area (Å²) in [6.07, 6.45) is 0.601. The minimum absolute atomic E-state index is 0.119. The molecule has 0 atom stereocenters. The zero-order valence-corrected chi connectivity index (χ0v) is 19.3. The molecule has 164 valence electrons. The average molecular weight is 447 g/mol. The van der Waals surface area contributed by atoms with E-state index in [1.54, 1.807) is 0 Å². The number of aryl methyl sites for hydroxylation is 3. The monoisotopic (exact) mass is 446 g/mol. The van der Waals surface area contributed by atoms with Crippen LogP contribution in [0.4, 0.5) is 11.4 Å². The number of nitrogens with one attached hydrogen (secondary N) is 2. The number of fused-ring (bicyclic) bond motifs is 1. The third kappa shape index (κ3) is 4.73. The topological polar surface area (TPSA) is 78.1 Å².